The van der Waals surface area contributed by atoms with Crippen LogP contribution in [0.5, 0.6) is 5.75 Å². The van der Waals surface area contributed by atoms with E-state index >= 15 is 0 Å². The van der Waals surface area contributed by atoms with Crippen molar-refractivity contribution in [2.24, 2.45) is 0 Å². The zero-order valence-corrected chi connectivity index (χ0v) is 18.4. The summed E-state index contributed by atoms with van der Waals surface area (Å²) in [5.41, 5.74) is 0. The fourth-order valence-electron chi connectivity index (χ4n) is 2.94. The van der Waals surface area contributed by atoms with E-state index < -0.39 is 5.82 Å². The Balaban J connectivity index is 1.59. The molecule has 7 nitrogen and oxygen atoms in total. The van der Waals surface area contributed by atoms with Gasteiger partial charge in [0, 0.05) is 6.54 Å². The number of hydrogen-bond donors (Lipinski definition) is 1. The second-order valence-corrected chi connectivity index (χ2v) is 7.92. The fourth-order valence-corrected chi connectivity index (χ4v) is 3.75. The number of nitrogens with zero attached hydrogens (tertiary/aromatic N) is 3. The zero-order chi connectivity index (χ0) is 21.9. The molecule has 3 rings (SSSR count). The van der Waals surface area contributed by atoms with Crippen LogP contribution in [-0.4, -0.2) is 26.4 Å². The molecule has 2 aromatic heterocycles. The molecule has 0 saturated carbocycles. The molecular weight excluding hydrogens is 419 g/mol. The van der Waals surface area contributed by atoms with Gasteiger partial charge in [-0.05, 0) is 30.7 Å². The Morgan fingerprint density at radius 3 is 2.84 bits per heavy atom. The van der Waals surface area contributed by atoms with Crippen molar-refractivity contribution < 1.29 is 18.3 Å². The van der Waals surface area contributed by atoms with E-state index in [1.807, 2.05) is 10.6 Å². The lowest BCUT2D eigenvalue weighted by Gasteiger charge is -2.11. The molecule has 0 aliphatic rings. The van der Waals surface area contributed by atoms with E-state index in [0.29, 0.717) is 23.3 Å². The number of amides is 1. The highest BCUT2D eigenvalue weighted by atomic mass is 32.2. The molecule has 0 aliphatic heterocycles. The lowest BCUT2D eigenvalue weighted by molar-refractivity contribution is -0.118. The number of rotatable bonds is 13. The van der Waals surface area contributed by atoms with Crippen LogP contribution in [0.25, 0.3) is 0 Å². The molecule has 0 unspecified atom stereocenters. The molecule has 1 aromatic carbocycles. The van der Waals surface area contributed by atoms with Crippen LogP contribution in [-0.2, 0) is 24.5 Å². The molecule has 2 heterocycles. The van der Waals surface area contributed by atoms with E-state index in [1.54, 1.807) is 30.5 Å². The Morgan fingerprint density at radius 1 is 1.19 bits per heavy atom. The van der Waals surface area contributed by atoms with E-state index in [0.717, 1.165) is 32.2 Å². The Hall–Kier alpha value is -2.81. The standard InChI is InChI=1S/C22H27FN4O3S/c1-2-3-4-7-12-27-20(15-30-19-11-6-5-10-18(19)23)25-26-22(27)31-16-21(28)24-14-17-9-8-13-29-17/h5-6,8-11,13H,2-4,7,12,14-16H2,1H3,(H,24,28). The number of aromatic nitrogens is 3. The van der Waals surface area contributed by atoms with E-state index in [9.17, 15) is 9.18 Å². The maximum Gasteiger partial charge on any atom is 0.230 e. The van der Waals surface area contributed by atoms with Crippen LogP contribution in [0.1, 0.15) is 44.2 Å². The van der Waals surface area contributed by atoms with Crippen molar-refractivity contribution in [2.45, 2.75) is 57.5 Å². The Bertz CT molecular complexity index is 946. The van der Waals surface area contributed by atoms with Crippen LogP contribution in [0.4, 0.5) is 4.39 Å². The third-order valence-electron chi connectivity index (χ3n) is 4.59. The molecule has 166 valence electrons. The van der Waals surface area contributed by atoms with Gasteiger partial charge in [0.15, 0.2) is 22.5 Å². The smallest absolute Gasteiger partial charge is 0.230 e. The van der Waals surface area contributed by atoms with Gasteiger partial charge in [-0.25, -0.2) is 4.39 Å². The van der Waals surface area contributed by atoms with Crippen LogP contribution in [0.3, 0.4) is 0 Å². The molecule has 3 aromatic rings. The van der Waals surface area contributed by atoms with Gasteiger partial charge in [-0.15, -0.1) is 10.2 Å². The molecule has 0 fully saturated rings. The number of benzene rings is 1. The number of para-hydroxylation sites is 1. The number of carbonyl (C=O) groups excluding carboxylic acids is 1. The largest absolute Gasteiger partial charge is 0.483 e. The Morgan fingerprint density at radius 2 is 2.06 bits per heavy atom. The van der Waals surface area contributed by atoms with E-state index in [2.05, 4.69) is 22.4 Å². The fraction of sp³-hybridized carbons (Fsp3) is 0.409. The third kappa shape index (κ3) is 7.13. The van der Waals surface area contributed by atoms with Crippen LogP contribution in [0.2, 0.25) is 0 Å². The quantitative estimate of drug-likeness (QED) is 0.306. The lowest BCUT2D eigenvalue weighted by Crippen LogP contribution is -2.24. The minimum absolute atomic E-state index is 0.104. The lowest BCUT2D eigenvalue weighted by atomic mass is 10.2. The molecule has 31 heavy (non-hydrogen) atoms. The molecule has 0 bridgehead atoms. The predicted molar refractivity (Wildman–Crippen MR) is 116 cm³/mol. The Labute approximate surface area is 185 Å². The molecule has 1 amide bonds. The number of ether oxygens (including phenoxy) is 1. The van der Waals surface area contributed by atoms with Crippen molar-refractivity contribution in [3.05, 3.63) is 60.1 Å². The van der Waals surface area contributed by atoms with Crippen molar-refractivity contribution in [3.63, 3.8) is 0 Å². The first kappa shape index (κ1) is 22.9. The Kier molecular flexibility index (Phi) is 8.96. The average Bonchev–Trinajstić information content (AvgIpc) is 3.43. The maximum atomic E-state index is 13.8. The van der Waals surface area contributed by atoms with Gasteiger partial charge in [0.05, 0.1) is 18.6 Å². The van der Waals surface area contributed by atoms with Crippen molar-refractivity contribution >= 4 is 17.7 Å². The number of hydrogen-bond acceptors (Lipinski definition) is 6. The molecular formula is C22H27FN4O3S. The van der Waals surface area contributed by atoms with E-state index in [4.69, 9.17) is 9.15 Å². The van der Waals surface area contributed by atoms with Crippen molar-refractivity contribution in [1.29, 1.82) is 0 Å². The van der Waals surface area contributed by atoms with Crippen LogP contribution < -0.4 is 10.1 Å². The summed E-state index contributed by atoms with van der Waals surface area (Å²) in [5.74, 6) is 1.16. The van der Waals surface area contributed by atoms with E-state index in [1.165, 1.54) is 17.8 Å². The first-order valence-corrected chi connectivity index (χ1v) is 11.4. The van der Waals surface area contributed by atoms with Gasteiger partial charge in [0.1, 0.15) is 12.4 Å². The number of thioether (sulfide) groups is 1. The maximum absolute atomic E-state index is 13.8. The van der Waals surface area contributed by atoms with Gasteiger partial charge in [0.2, 0.25) is 5.91 Å². The molecule has 0 atom stereocenters. The number of halogens is 1. The van der Waals surface area contributed by atoms with Gasteiger partial charge >= 0.3 is 0 Å². The zero-order valence-electron chi connectivity index (χ0n) is 17.6. The van der Waals surface area contributed by atoms with Crippen LogP contribution >= 0.6 is 11.8 Å². The molecule has 0 aliphatic carbocycles. The first-order chi connectivity index (χ1) is 15.2. The summed E-state index contributed by atoms with van der Waals surface area (Å²) in [4.78, 5) is 12.2. The summed E-state index contributed by atoms with van der Waals surface area (Å²) < 4.78 is 26.6. The second kappa shape index (κ2) is 12.1. The summed E-state index contributed by atoms with van der Waals surface area (Å²) in [6, 6.07) is 9.86. The number of carbonyl (C=O) groups is 1. The summed E-state index contributed by atoms with van der Waals surface area (Å²) in [6.07, 6.45) is 5.93. The average molecular weight is 447 g/mol. The topological polar surface area (TPSA) is 82.2 Å². The van der Waals surface area contributed by atoms with Gasteiger partial charge in [-0.2, -0.15) is 0 Å². The molecule has 0 radical (unpaired) electrons. The number of furan rings is 1. The minimum Gasteiger partial charge on any atom is -0.483 e. The van der Waals surface area contributed by atoms with Gasteiger partial charge in [-0.1, -0.05) is 50.1 Å². The van der Waals surface area contributed by atoms with Gasteiger partial charge in [0.25, 0.3) is 0 Å². The van der Waals surface area contributed by atoms with E-state index in [-0.39, 0.29) is 24.0 Å². The highest BCUT2D eigenvalue weighted by molar-refractivity contribution is 7.99. The molecule has 0 spiro atoms. The molecule has 1 N–H and O–H groups in total. The highest BCUT2D eigenvalue weighted by Crippen LogP contribution is 2.21. The monoisotopic (exact) mass is 446 g/mol. The summed E-state index contributed by atoms with van der Waals surface area (Å²) in [7, 11) is 0. The van der Waals surface area contributed by atoms with Gasteiger partial charge < -0.3 is 19.0 Å². The van der Waals surface area contributed by atoms with Crippen molar-refractivity contribution in [1.82, 2.24) is 20.1 Å². The number of unbranched alkanes of at least 4 members (excludes halogenated alkanes) is 3. The normalized spacial score (nSPS) is 10.9. The number of nitrogens with one attached hydrogen (secondary N) is 1. The van der Waals surface area contributed by atoms with Crippen LogP contribution in [0.15, 0.2) is 52.2 Å². The third-order valence-corrected chi connectivity index (χ3v) is 5.56. The molecule has 0 saturated heterocycles. The highest BCUT2D eigenvalue weighted by Gasteiger charge is 2.15. The second-order valence-electron chi connectivity index (χ2n) is 6.97. The SMILES string of the molecule is CCCCCCn1c(COc2ccccc2F)nnc1SCC(=O)NCc1ccco1. The van der Waals surface area contributed by atoms with Gasteiger partial charge in [-0.3, -0.25) is 4.79 Å². The molecule has 9 heteroatoms. The predicted octanol–water partition coefficient (Wildman–Crippen LogP) is 4.58. The summed E-state index contributed by atoms with van der Waals surface area (Å²) >= 11 is 1.32. The van der Waals surface area contributed by atoms with Crippen molar-refractivity contribution in [2.75, 3.05) is 5.75 Å². The summed E-state index contributed by atoms with van der Waals surface area (Å²) in [6.45, 7) is 3.33. The van der Waals surface area contributed by atoms with Crippen molar-refractivity contribution in [3.8, 4) is 5.75 Å². The summed E-state index contributed by atoms with van der Waals surface area (Å²) in [5, 5.41) is 11.9. The first-order valence-electron chi connectivity index (χ1n) is 10.4. The minimum atomic E-state index is -0.417. The van der Waals surface area contributed by atoms with Crippen LogP contribution in [0, 0.1) is 5.82 Å².